The van der Waals surface area contributed by atoms with E-state index in [0.29, 0.717) is 16.5 Å². The number of aromatic hydroxyl groups is 1. The summed E-state index contributed by atoms with van der Waals surface area (Å²) in [5.41, 5.74) is 1.13. The summed E-state index contributed by atoms with van der Waals surface area (Å²) in [6.07, 6.45) is 0.768. The molecule has 2 aromatic rings. The summed E-state index contributed by atoms with van der Waals surface area (Å²) < 4.78 is 0. The number of halogens is 1. The summed E-state index contributed by atoms with van der Waals surface area (Å²) in [6.45, 7) is 0.585. The van der Waals surface area contributed by atoms with Gasteiger partial charge in [-0.1, -0.05) is 35.9 Å². The molecule has 21 heavy (non-hydrogen) atoms. The highest BCUT2D eigenvalue weighted by atomic mass is 35.5. The van der Waals surface area contributed by atoms with Crippen LogP contribution in [0.5, 0.6) is 5.75 Å². The Morgan fingerprint density at radius 1 is 1.14 bits per heavy atom. The number of amides is 1. The van der Waals surface area contributed by atoms with Crippen LogP contribution in [0.4, 0.5) is 0 Å². The molecule has 1 amide bonds. The molecule has 0 radical (unpaired) electrons. The Bertz CT molecular complexity index is 601. The molecule has 2 N–H and O–H groups in total. The van der Waals surface area contributed by atoms with E-state index in [4.69, 9.17) is 11.6 Å². The van der Waals surface area contributed by atoms with Crippen LogP contribution in [0.1, 0.15) is 5.56 Å². The van der Waals surface area contributed by atoms with Gasteiger partial charge in [0.05, 0.1) is 5.75 Å². The molecule has 0 aromatic heterocycles. The Morgan fingerprint density at radius 3 is 2.57 bits per heavy atom. The number of benzene rings is 2. The molecule has 0 aliphatic rings. The van der Waals surface area contributed by atoms with Gasteiger partial charge in [-0.05, 0) is 36.2 Å². The first kappa shape index (κ1) is 15.7. The van der Waals surface area contributed by atoms with Gasteiger partial charge in [0.2, 0.25) is 5.91 Å². The van der Waals surface area contributed by atoms with Crippen LogP contribution in [0.15, 0.2) is 53.4 Å². The van der Waals surface area contributed by atoms with Gasteiger partial charge in [0.1, 0.15) is 5.75 Å². The Balaban J connectivity index is 1.70. The van der Waals surface area contributed by atoms with Crippen LogP contribution in [-0.2, 0) is 11.2 Å². The first-order chi connectivity index (χ1) is 10.1. The molecule has 0 unspecified atom stereocenters. The molecule has 5 heteroatoms. The number of phenolic OH excluding ortho intramolecular Hbond substituents is 1. The highest BCUT2D eigenvalue weighted by Gasteiger charge is 2.05. The Kier molecular flexibility index (Phi) is 5.96. The van der Waals surface area contributed by atoms with Crippen LogP contribution in [0.25, 0.3) is 0 Å². The molecule has 0 aliphatic heterocycles. The quantitative estimate of drug-likeness (QED) is 0.801. The molecule has 2 rings (SSSR count). The monoisotopic (exact) mass is 321 g/mol. The molecule has 0 spiro atoms. The number of carbonyl (C=O) groups excluding carboxylic acids is 1. The minimum atomic E-state index is -0.0442. The smallest absolute Gasteiger partial charge is 0.230 e. The molecule has 2 aromatic carbocycles. The first-order valence-electron chi connectivity index (χ1n) is 6.57. The van der Waals surface area contributed by atoms with Gasteiger partial charge in [0, 0.05) is 16.5 Å². The predicted octanol–water partition coefficient (Wildman–Crippen LogP) is 3.50. The van der Waals surface area contributed by atoms with Gasteiger partial charge in [-0.2, -0.15) is 0 Å². The zero-order valence-electron chi connectivity index (χ0n) is 11.4. The zero-order chi connectivity index (χ0) is 15.1. The lowest BCUT2D eigenvalue weighted by Crippen LogP contribution is -2.27. The second-order valence-corrected chi connectivity index (χ2v) is 5.94. The lowest BCUT2D eigenvalue weighted by Gasteiger charge is -2.06. The fraction of sp³-hybridized carbons (Fsp3) is 0.188. The van der Waals surface area contributed by atoms with Gasteiger partial charge in [-0.25, -0.2) is 0 Å². The van der Waals surface area contributed by atoms with Gasteiger partial charge in [0.25, 0.3) is 0 Å². The second kappa shape index (κ2) is 7.96. The number of phenols is 1. The third-order valence-electron chi connectivity index (χ3n) is 2.87. The van der Waals surface area contributed by atoms with Crippen molar-refractivity contribution in [2.45, 2.75) is 11.3 Å². The molecule has 0 atom stereocenters. The standard InChI is InChI=1S/C16H16ClNO2S/c17-13-7-5-12(6-8-13)9-10-18-16(20)11-21-15-4-2-1-3-14(15)19/h1-8,19H,9-11H2,(H,18,20). The maximum atomic E-state index is 11.7. The van der Waals surface area contributed by atoms with Crippen molar-refractivity contribution in [3.8, 4) is 5.75 Å². The van der Waals surface area contributed by atoms with Crippen LogP contribution in [-0.4, -0.2) is 23.3 Å². The van der Waals surface area contributed by atoms with Gasteiger partial charge >= 0.3 is 0 Å². The highest BCUT2D eigenvalue weighted by molar-refractivity contribution is 8.00. The van der Waals surface area contributed by atoms with Crippen LogP contribution in [0, 0.1) is 0 Å². The van der Waals surface area contributed by atoms with E-state index in [1.165, 1.54) is 11.8 Å². The number of hydrogen-bond donors (Lipinski definition) is 2. The van der Waals surface area contributed by atoms with Crippen molar-refractivity contribution in [2.24, 2.45) is 0 Å². The average Bonchev–Trinajstić information content (AvgIpc) is 2.48. The van der Waals surface area contributed by atoms with E-state index in [1.54, 1.807) is 18.2 Å². The van der Waals surface area contributed by atoms with Gasteiger partial charge in [-0.15, -0.1) is 11.8 Å². The Morgan fingerprint density at radius 2 is 1.86 bits per heavy atom. The summed E-state index contributed by atoms with van der Waals surface area (Å²) >= 11 is 7.14. The zero-order valence-corrected chi connectivity index (χ0v) is 13.0. The highest BCUT2D eigenvalue weighted by Crippen LogP contribution is 2.27. The van der Waals surface area contributed by atoms with Crippen LogP contribution in [0.3, 0.4) is 0 Å². The molecule has 0 saturated heterocycles. The summed E-state index contributed by atoms with van der Waals surface area (Å²) in [4.78, 5) is 12.5. The fourth-order valence-electron chi connectivity index (χ4n) is 1.77. The van der Waals surface area contributed by atoms with Crippen LogP contribution >= 0.6 is 23.4 Å². The van der Waals surface area contributed by atoms with Crippen molar-refractivity contribution < 1.29 is 9.90 Å². The molecular formula is C16H16ClNO2S. The van der Waals surface area contributed by atoms with Gasteiger partial charge in [0.15, 0.2) is 0 Å². The van der Waals surface area contributed by atoms with E-state index in [2.05, 4.69) is 5.32 Å². The van der Waals surface area contributed by atoms with Crippen molar-refractivity contribution >= 4 is 29.3 Å². The topological polar surface area (TPSA) is 49.3 Å². The number of thioether (sulfide) groups is 1. The number of carbonyl (C=O) groups is 1. The SMILES string of the molecule is O=C(CSc1ccccc1O)NCCc1ccc(Cl)cc1. The summed E-state index contributed by atoms with van der Waals surface area (Å²) in [7, 11) is 0. The number of nitrogens with one attached hydrogen (secondary N) is 1. The van der Waals surface area contributed by atoms with E-state index < -0.39 is 0 Å². The van der Waals surface area contributed by atoms with E-state index in [1.807, 2.05) is 30.3 Å². The molecule has 0 aliphatic carbocycles. The molecule has 0 fully saturated rings. The lowest BCUT2D eigenvalue weighted by molar-refractivity contribution is -0.118. The Labute approximate surface area is 133 Å². The molecule has 0 saturated carbocycles. The summed E-state index contributed by atoms with van der Waals surface area (Å²) in [5, 5.41) is 13.2. The fourth-order valence-corrected chi connectivity index (χ4v) is 2.68. The minimum absolute atomic E-state index is 0.0442. The number of rotatable bonds is 6. The lowest BCUT2D eigenvalue weighted by atomic mass is 10.1. The van der Waals surface area contributed by atoms with E-state index in [0.717, 1.165) is 12.0 Å². The summed E-state index contributed by atoms with van der Waals surface area (Å²) in [5.74, 6) is 0.451. The van der Waals surface area contributed by atoms with Crippen LogP contribution < -0.4 is 5.32 Å². The number of hydrogen-bond acceptors (Lipinski definition) is 3. The van der Waals surface area contributed by atoms with E-state index in [-0.39, 0.29) is 17.4 Å². The third-order valence-corrected chi connectivity index (χ3v) is 4.19. The second-order valence-electron chi connectivity index (χ2n) is 4.48. The number of para-hydroxylation sites is 1. The average molecular weight is 322 g/mol. The van der Waals surface area contributed by atoms with Gasteiger partial charge in [-0.3, -0.25) is 4.79 Å². The third kappa shape index (κ3) is 5.33. The van der Waals surface area contributed by atoms with Crippen molar-refractivity contribution in [3.63, 3.8) is 0 Å². The van der Waals surface area contributed by atoms with E-state index >= 15 is 0 Å². The first-order valence-corrected chi connectivity index (χ1v) is 7.93. The van der Waals surface area contributed by atoms with Crippen LogP contribution in [0.2, 0.25) is 5.02 Å². The summed E-state index contributed by atoms with van der Waals surface area (Å²) in [6, 6.07) is 14.6. The molecule has 0 bridgehead atoms. The van der Waals surface area contributed by atoms with Crippen molar-refractivity contribution in [3.05, 3.63) is 59.1 Å². The molecule has 110 valence electrons. The molecular weight excluding hydrogens is 306 g/mol. The predicted molar refractivity (Wildman–Crippen MR) is 87.0 cm³/mol. The van der Waals surface area contributed by atoms with Crippen molar-refractivity contribution in [1.82, 2.24) is 5.32 Å². The molecule has 0 heterocycles. The molecule has 3 nitrogen and oxygen atoms in total. The van der Waals surface area contributed by atoms with Gasteiger partial charge < -0.3 is 10.4 Å². The normalized spacial score (nSPS) is 10.3. The maximum Gasteiger partial charge on any atom is 0.230 e. The Hall–Kier alpha value is -1.65. The van der Waals surface area contributed by atoms with Crippen molar-refractivity contribution in [1.29, 1.82) is 0 Å². The largest absolute Gasteiger partial charge is 0.507 e. The van der Waals surface area contributed by atoms with E-state index in [9.17, 15) is 9.90 Å². The maximum absolute atomic E-state index is 11.7. The van der Waals surface area contributed by atoms with Crippen molar-refractivity contribution in [2.75, 3.05) is 12.3 Å². The minimum Gasteiger partial charge on any atom is -0.507 e.